The number of carbonyl (C=O) groups is 5. The molecule has 4 aromatic carbocycles. The van der Waals surface area contributed by atoms with Crippen LogP contribution in [0.15, 0.2) is 78.9 Å². The topological polar surface area (TPSA) is 167 Å². The van der Waals surface area contributed by atoms with Gasteiger partial charge in [0.2, 0.25) is 11.8 Å². The number of aromatic nitrogens is 1. The first kappa shape index (κ1) is 43.0. The molecule has 3 N–H and O–H groups in total. The SMILES string of the molecule is Cc1ccc2c(c1)c1cc(C(=O)NCCOCCOCCOCCOCCNc3cccc4c3C(=O)N(C3CCC(=O)NC3=O)C4=O)ccc1n2-c1ccc(C(F)(F)F)cc1. The lowest BCUT2D eigenvalue weighted by Gasteiger charge is -2.27. The third kappa shape index (κ3) is 9.75. The Hall–Kier alpha value is -6.14. The maximum absolute atomic E-state index is 13.2. The predicted octanol–water partition coefficient (Wildman–Crippen LogP) is 5.42. The van der Waals surface area contributed by atoms with Gasteiger partial charge in [0.1, 0.15) is 6.04 Å². The average molecular weight is 844 g/mol. The highest BCUT2D eigenvalue weighted by Crippen LogP contribution is 2.36. The summed E-state index contributed by atoms with van der Waals surface area (Å²) in [6.07, 6.45) is -4.31. The number of rotatable bonds is 19. The number of fused-ring (bicyclic) bond motifs is 4. The second kappa shape index (κ2) is 19.1. The first-order valence-corrected chi connectivity index (χ1v) is 19.8. The number of imide groups is 2. The third-order valence-corrected chi connectivity index (χ3v) is 10.3. The minimum Gasteiger partial charge on any atom is -0.382 e. The molecule has 14 nitrogen and oxygen atoms in total. The zero-order valence-corrected chi connectivity index (χ0v) is 33.3. The molecule has 0 radical (unpaired) electrons. The number of nitrogens with one attached hydrogen (secondary N) is 3. The van der Waals surface area contributed by atoms with E-state index in [0.29, 0.717) is 69.7 Å². The maximum atomic E-state index is 13.2. The number of piperidine rings is 1. The van der Waals surface area contributed by atoms with Crippen LogP contribution in [0, 0.1) is 6.92 Å². The van der Waals surface area contributed by atoms with E-state index in [0.717, 1.165) is 44.4 Å². The molecule has 5 amide bonds. The molecule has 1 unspecified atom stereocenters. The fourth-order valence-electron chi connectivity index (χ4n) is 7.38. The van der Waals surface area contributed by atoms with Crippen molar-refractivity contribution in [2.75, 3.05) is 71.3 Å². The molecule has 5 aromatic rings. The molecule has 1 saturated heterocycles. The highest BCUT2D eigenvalue weighted by atomic mass is 19.4. The third-order valence-electron chi connectivity index (χ3n) is 10.3. The summed E-state index contributed by atoms with van der Waals surface area (Å²) in [6.45, 7) is 5.16. The number of halogens is 3. The molecule has 17 heteroatoms. The number of ether oxygens (including phenoxy) is 4. The molecule has 0 bridgehead atoms. The smallest absolute Gasteiger partial charge is 0.382 e. The van der Waals surface area contributed by atoms with Gasteiger partial charge in [-0.2, -0.15) is 13.2 Å². The molecule has 0 aliphatic carbocycles. The fourth-order valence-corrected chi connectivity index (χ4v) is 7.38. The molecular formula is C44H44F3N5O9. The number of alkyl halides is 3. The van der Waals surface area contributed by atoms with Gasteiger partial charge in [0, 0.05) is 47.2 Å². The van der Waals surface area contributed by atoms with Gasteiger partial charge in [0.25, 0.3) is 17.7 Å². The zero-order chi connectivity index (χ0) is 43.1. The molecule has 1 atom stereocenters. The van der Waals surface area contributed by atoms with Crippen molar-refractivity contribution in [2.24, 2.45) is 0 Å². The minimum atomic E-state index is -4.44. The van der Waals surface area contributed by atoms with Gasteiger partial charge in [-0.3, -0.25) is 34.2 Å². The van der Waals surface area contributed by atoms with Gasteiger partial charge in [0.15, 0.2) is 0 Å². The van der Waals surface area contributed by atoms with E-state index in [2.05, 4.69) is 16.0 Å². The van der Waals surface area contributed by atoms with Crippen molar-refractivity contribution in [3.8, 4) is 5.69 Å². The summed E-state index contributed by atoms with van der Waals surface area (Å²) in [5.41, 5.74) is 3.71. The Balaban J connectivity index is 0.751. The Morgan fingerprint density at radius 2 is 1.38 bits per heavy atom. The number of hydrogen-bond acceptors (Lipinski definition) is 10. The second-order valence-corrected chi connectivity index (χ2v) is 14.4. The number of carbonyl (C=O) groups excluding carboxylic acids is 5. The van der Waals surface area contributed by atoms with Crippen LogP contribution in [0.2, 0.25) is 0 Å². The molecule has 3 heterocycles. The van der Waals surface area contributed by atoms with Crippen molar-refractivity contribution in [3.05, 3.63) is 107 Å². The van der Waals surface area contributed by atoms with Crippen molar-refractivity contribution in [1.82, 2.24) is 20.1 Å². The first-order valence-electron chi connectivity index (χ1n) is 19.8. The van der Waals surface area contributed by atoms with Crippen LogP contribution < -0.4 is 16.0 Å². The summed E-state index contributed by atoms with van der Waals surface area (Å²) in [6, 6.07) is 20.0. The Morgan fingerprint density at radius 3 is 2.03 bits per heavy atom. The van der Waals surface area contributed by atoms with Gasteiger partial charge in [-0.25, -0.2) is 0 Å². The molecule has 1 fully saturated rings. The fraction of sp³-hybridized carbons (Fsp3) is 0.341. The van der Waals surface area contributed by atoms with Crippen LogP contribution >= 0.6 is 0 Å². The molecular weight excluding hydrogens is 800 g/mol. The summed E-state index contributed by atoms with van der Waals surface area (Å²) in [5.74, 6) is -2.53. The predicted molar refractivity (Wildman–Crippen MR) is 218 cm³/mol. The molecule has 1 aromatic heterocycles. The lowest BCUT2D eigenvalue weighted by atomic mass is 10.0. The Morgan fingerprint density at radius 1 is 0.754 bits per heavy atom. The molecule has 0 spiro atoms. The van der Waals surface area contributed by atoms with Gasteiger partial charge in [-0.05, 0) is 80.1 Å². The Bertz CT molecular complexity index is 2450. The number of amides is 5. The van der Waals surface area contributed by atoms with Gasteiger partial charge in [-0.1, -0.05) is 17.7 Å². The lowest BCUT2D eigenvalue weighted by Crippen LogP contribution is -2.54. The summed E-state index contributed by atoms with van der Waals surface area (Å²) in [5, 5.41) is 9.85. The molecule has 7 rings (SSSR count). The largest absolute Gasteiger partial charge is 0.416 e. The van der Waals surface area contributed by atoms with Crippen LogP contribution in [0.25, 0.3) is 27.5 Å². The number of anilines is 1. The molecule has 0 saturated carbocycles. The van der Waals surface area contributed by atoms with Crippen LogP contribution in [0.5, 0.6) is 0 Å². The molecule has 2 aliphatic heterocycles. The quantitative estimate of drug-likeness (QED) is 0.0722. The van der Waals surface area contributed by atoms with Gasteiger partial charge < -0.3 is 34.1 Å². The van der Waals surface area contributed by atoms with Crippen molar-refractivity contribution >= 4 is 57.0 Å². The van der Waals surface area contributed by atoms with E-state index in [9.17, 15) is 37.1 Å². The summed E-state index contributed by atoms with van der Waals surface area (Å²) in [4.78, 5) is 64.1. The highest BCUT2D eigenvalue weighted by Gasteiger charge is 2.45. The van der Waals surface area contributed by atoms with E-state index in [-0.39, 0.29) is 43.0 Å². The lowest BCUT2D eigenvalue weighted by molar-refractivity contribution is -0.138. The number of aryl methyl sites for hydroxylation is 1. The molecule has 61 heavy (non-hydrogen) atoms. The number of nitrogens with zero attached hydrogens (tertiary/aromatic N) is 2. The zero-order valence-electron chi connectivity index (χ0n) is 33.3. The van der Waals surface area contributed by atoms with E-state index in [1.807, 2.05) is 29.7 Å². The van der Waals surface area contributed by atoms with Crippen LogP contribution in [-0.4, -0.2) is 111 Å². The van der Waals surface area contributed by atoms with E-state index >= 15 is 0 Å². The van der Waals surface area contributed by atoms with Gasteiger partial charge in [0.05, 0.1) is 80.6 Å². The molecule has 320 valence electrons. The average Bonchev–Trinajstić information content (AvgIpc) is 3.69. The Labute approximate surface area is 348 Å². The minimum absolute atomic E-state index is 0.0460. The first-order chi connectivity index (χ1) is 29.4. The normalized spacial score (nSPS) is 15.5. The van der Waals surface area contributed by atoms with E-state index in [1.165, 1.54) is 18.2 Å². The van der Waals surface area contributed by atoms with Crippen LogP contribution in [0.1, 0.15) is 55.0 Å². The van der Waals surface area contributed by atoms with E-state index in [4.69, 9.17) is 18.9 Å². The van der Waals surface area contributed by atoms with Crippen LogP contribution in [0.4, 0.5) is 18.9 Å². The maximum Gasteiger partial charge on any atom is 0.416 e. The van der Waals surface area contributed by atoms with E-state index < -0.39 is 41.4 Å². The standard InChI is InChI=1S/C44H44F3N5O9/c1-27-5-11-35-32(25-27)33-26-28(6-12-36(33)51(35)30-9-7-29(8-10-30)44(45,46)47)40(54)49-16-18-59-20-22-61-24-23-60-21-19-58-17-15-48-34-4-2-3-31-39(34)43(57)52(42(31)56)37-13-14-38(53)50-41(37)55/h2-12,25-26,37,48H,13-24H2,1H3,(H,49,54)(H,50,53,55). The van der Waals surface area contributed by atoms with Gasteiger partial charge >= 0.3 is 6.18 Å². The van der Waals surface area contributed by atoms with Crippen molar-refractivity contribution in [3.63, 3.8) is 0 Å². The van der Waals surface area contributed by atoms with Crippen molar-refractivity contribution in [2.45, 2.75) is 32.0 Å². The van der Waals surface area contributed by atoms with Gasteiger partial charge in [-0.15, -0.1) is 0 Å². The van der Waals surface area contributed by atoms with Crippen molar-refractivity contribution < 1.29 is 56.1 Å². The van der Waals surface area contributed by atoms with Crippen LogP contribution in [0.3, 0.4) is 0 Å². The molecule has 2 aliphatic rings. The Kier molecular flexibility index (Phi) is 13.4. The number of hydrogen-bond donors (Lipinski definition) is 3. The second-order valence-electron chi connectivity index (χ2n) is 14.4. The van der Waals surface area contributed by atoms with Crippen LogP contribution in [-0.2, 0) is 34.7 Å². The van der Waals surface area contributed by atoms with Crippen molar-refractivity contribution in [1.29, 1.82) is 0 Å². The summed E-state index contributed by atoms with van der Waals surface area (Å²) in [7, 11) is 0. The van der Waals surface area contributed by atoms with E-state index in [1.54, 1.807) is 30.3 Å². The highest BCUT2D eigenvalue weighted by molar-refractivity contribution is 6.25. The summed E-state index contributed by atoms with van der Waals surface area (Å²) < 4.78 is 63.8. The number of benzene rings is 4. The monoisotopic (exact) mass is 843 g/mol. The summed E-state index contributed by atoms with van der Waals surface area (Å²) >= 11 is 0.